The third-order valence-electron chi connectivity index (χ3n) is 4.43. The average molecular weight is 500 g/mol. The molecule has 1 aliphatic rings. The van der Waals surface area contributed by atoms with Crippen molar-refractivity contribution < 1.29 is 13.9 Å². The molecule has 8 heteroatoms. The minimum Gasteiger partial charge on any atom is -0.439 e. The Labute approximate surface area is 182 Å². The first kappa shape index (κ1) is 22.4. The molecule has 2 aromatic rings. The molecule has 1 aliphatic heterocycles. The van der Waals surface area contributed by atoms with Crippen molar-refractivity contribution in [3.05, 3.63) is 54.0 Å². The van der Waals surface area contributed by atoms with Gasteiger partial charge < -0.3 is 20.1 Å². The van der Waals surface area contributed by atoms with Crippen molar-refractivity contribution in [2.45, 2.75) is 31.9 Å². The van der Waals surface area contributed by atoms with Crippen LogP contribution in [0.1, 0.15) is 25.3 Å². The molecule has 0 amide bonds. The molecule has 1 aromatic carbocycles. The van der Waals surface area contributed by atoms with Crippen LogP contribution >= 0.6 is 24.0 Å². The van der Waals surface area contributed by atoms with Crippen LogP contribution in [0.25, 0.3) is 0 Å². The van der Waals surface area contributed by atoms with E-state index in [2.05, 4.69) is 27.5 Å². The van der Waals surface area contributed by atoms with E-state index in [0.29, 0.717) is 30.7 Å². The highest BCUT2D eigenvalue weighted by molar-refractivity contribution is 14.0. The molecule has 6 nitrogen and oxygen atoms in total. The van der Waals surface area contributed by atoms with E-state index in [-0.39, 0.29) is 35.4 Å². The Morgan fingerprint density at radius 2 is 2.18 bits per heavy atom. The summed E-state index contributed by atoms with van der Waals surface area (Å²) in [5, 5.41) is 6.56. The molecule has 1 fully saturated rings. The number of ether oxygens (including phenoxy) is 2. The number of halogens is 2. The zero-order valence-electron chi connectivity index (χ0n) is 16.1. The smallest absolute Gasteiger partial charge is 0.219 e. The molecule has 1 saturated heterocycles. The van der Waals surface area contributed by atoms with Gasteiger partial charge in [-0.3, -0.25) is 4.99 Å². The first-order valence-corrected chi connectivity index (χ1v) is 9.03. The second kappa shape index (κ2) is 10.6. The fourth-order valence-corrected chi connectivity index (χ4v) is 2.88. The predicted octanol–water partition coefficient (Wildman–Crippen LogP) is 3.87. The molecule has 28 heavy (non-hydrogen) atoms. The SMILES string of the molecule is CN=C(NCc1ccc(Oc2cccc(F)c2)nc1)NCC1(C)CCCO1.I. The lowest BCUT2D eigenvalue weighted by molar-refractivity contribution is 0.0243. The van der Waals surface area contributed by atoms with E-state index < -0.39 is 0 Å². The Morgan fingerprint density at radius 1 is 1.32 bits per heavy atom. The number of rotatable bonds is 6. The molecule has 0 radical (unpaired) electrons. The number of nitrogens with one attached hydrogen (secondary N) is 2. The third kappa shape index (κ3) is 6.59. The van der Waals surface area contributed by atoms with Crippen molar-refractivity contribution in [1.82, 2.24) is 15.6 Å². The molecule has 3 rings (SSSR count). The summed E-state index contributed by atoms with van der Waals surface area (Å²) >= 11 is 0. The topological polar surface area (TPSA) is 67.8 Å². The average Bonchev–Trinajstić information content (AvgIpc) is 3.10. The van der Waals surface area contributed by atoms with E-state index in [9.17, 15) is 4.39 Å². The van der Waals surface area contributed by atoms with Gasteiger partial charge in [-0.25, -0.2) is 9.37 Å². The first-order chi connectivity index (χ1) is 13.1. The van der Waals surface area contributed by atoms with Crippen molar-refractivity contribution in [3.63, 3.8) is 0 Å². The largest absolute Gasteiger partial charge is 0.439 e. The Morgan fingerprint density at radius 3 is 2.82 bits per heavy atom. The van der Waals surface area contributed by atoms with Crippen molar-refractivity contribution in [2.24, 2.45) is 4.99 Å². The number of aliphatic imine (C=N–C) groups is 1. The molecular weight excluding hydrogens is 474 g/mol. The third-order valence-corrected chi connectivity index (χ3v) is 4.43. The van der Waals surface area contributed by atoms with Gasteiger partial charge in [0.2, 0.25) is 5.88 Å². The summed E-state index contributed by atoms with van der Waals surface area (Å²) in [6, 6.07) is 9.63. The summed E-state index contributed by atoms with van der Waals surface area (Å²) in [7, 11) is 1.74. The van der Waals surface area contributed by atoms with Crippen LogP contribution in [0.3, 0.4) is 0 Å². The molecule has 0 bridgehead atoms. The number of hydrogen-bond acceptors (Lipinski definition) is 4. The fraction of sp³-hybridized carbons (Fsp3) is 0.400. The normalized spacial score (nSPS) is 19.0. The van der Waals surface area contributed by atoms with E-state index in [1.807, 2.05) is 6.07 Å². The van der Waals surface area contributed by atoms with Crippen molar-refractivity contribution in [2.75, 3.05) is 20.2 Å². The van der Waals surface area contributed by atoms with Crippen molar-refractivity contribution in [3.8, 4) is 11.6 Å². The monoisotopic (exact) mass is 500 g/mol. The van der Waals surface area contributed by atoms with Gasteiger partial charge in [0.15, 0.2) is 5.96 Å². The van der Waals surface area contributed by atoms with Crippen LogP contribution in [-0.2, 0) is 11.3 Å². The fourth-order valence-electron chi connectivity index (χ4n) is 2.88. The van der Waals surface area contributed by atoms with Crippen molar-refractivity contribution in [1.29, 1.82) is 0 Å². The number of hydrogen-bond donors (Lipinski definition) is 2. The molecule has 0 aliphatic carbocycles. The minimum absolute atomic E-state index is 0. The number of pyridine rings is 1. The van der Waals surface area contributed by atoms with E-state index in [1.165, 1.54) is 12.1 Å². The summed E-state index contributed by atoms with van der Waals surface area (Å²) in [4.78, 5) is 8.50. The summed E-state index contributed by atoms with van der Waals surface area (Å²) in [5.74, 6) is 1.20. The van der Waals surface area contributed by atoms with Crippen LogP contribution in [0.2, 0.25) is 0 Å². The molecule has 1 unspecified atom stereocenters. The summed E-state index contributed by atoms with van der Waals surface area (Å²) in [6.07, 6.45) is 3.86. The van der Waals surface area contributed by atoms with Gasteiger partial charge in [0.25, 0.3) is 0 Å². The number of aromatic nitrogens is 1. The van der Waals surface area contributed by atoms with Gasteiger partial charge >= 0.3 is 0 Å². The second-order valence-electron chi connectivity index (χ2n) is 6.75. The van der Waals surface area contributed by atoms with E-state index in [1.54, 1.807) is 31.4 Å². The maximum Gasteiger partial charge on any atom is 0.219 e. The van der Waals surface area contributed by atoms with Gasteiger partial charge in [-0.2, -0.15) is 0 Å². The molecule has 2 heterocycles. The van der Waals surface area contributed by atoms with Crippen molar-refractivity contribution >= 4 is 29.9 Å². The summed E-state index contributed by atoms with van der Waals surface area (Å²) < 4.78 is 24.5. The quantitative estimate of drug-likeness (QED) is 0.358. The second-order valence-corrected chi connectivity index (χ2v) is 6.75. The highest BCUT2D eigenvalue weighted by atomic mass is 127. The lowest BCUT2D eigenvalue weighted by atomic mass is 10.0. The first-order valence-electron chi connectivity index (χ1n) is 9.03. The molecule has 0 spiro atoms. The van der Waals surface area contributed by atoms with Gasteiger partial charge in [0.05, 0.1) is 5.60 Å². The standard InChI is InChI=1S/C20H25FN4O2.HI/c1-20(9-4-10-26-20)14-25-19(22-2)24-13-15-7-8-18(23-12-15)27-17-6-3-5-16(21)11-17;/h3,5-8,11-12H,4,9-10,13-14H2,1-2H3,(H2,22,24,25);1H. The van der Waals surface area contributed by atoms with Crippen LogP contribution in [-0.4, -0.2) is 36.7 Å². The maximum absolute atomic E-state index is 13.2. The Hall–Kier alpha value is -1.94. The lowest BCUT2D eigenvalue weighted by Gasteiger charge is -2.24. The highest BCUT2D eigenvalue weighted by Gasteiger charge is 2.29. The maximum atomic E-state index is 13.2. The molecular formula is C20H26FIN4O2. The van der Waals surface area contributed by atoms with Crippen LogP contribution in [0, 0.1) is 5.82 Å². The molecule has 2 N–H and O–H groups in total. The Balaban J connectivity index is 0.00000280. The van der Waals surface area contributed by atoms with Gasteiger partial charge in [0, 0.05) is 45.1 Å². The van der Waals surface area contributed by atoms with Crippen LogP contribution < -0.4 is 15.4 Å². The zero-order chi connectivity index (χ0) is 19.1. The number of guanidine groups is 1. The summed E-state index contributed by atoms with van der Waals surface area (Å²) in [5.41, 5.74) is 0.850. The van der Waals surface area contributed by atoms with E-state index in [4.69, 9.17) is 9.47 Å². The van der Waals surface area contributed by atoms with Gasteiger partial charge in [0.1, 0.15) is 11.6 Å². The number of nitrogens with zero attached hydrogens (tertiary/aromatic N) is 2. The van der Waals surface area contributed by atoms with E-state index in [0.717, 1.165) is 25.0 Å². The number of benzene rings is 1. The molecule has 0 saturated carbocycles. The minimum atomic E-state index is -0.343. The van der Waals surface area contributed by atoms with E-state index >= 15 is 0 Å². The van der Waals surface area contributed by atoms with Gasteiger partial charge in [-0.1, -0.05) is 12.1 Å². The Kier molecular flexibility index (Phi) is 8.43. The van der Waals surface area contributed by atoms with Gasteiger partial charge in [-0.05, 0) is 37.5 Å². The molecule has 1 atom stereocenters. The van der Waals surface area contributed by atoms with Crippen LogP contribution in [0.5, 0.6) is 11.6 Å². The highest BCUT2D eigenvalue weighted by Crippen LogP contribution is 2.24. The predicted molar refractivity (Wildman–Crippen MR) is 118 cm³/mol. The van der Waals surface area contributed by atoms with Crippen LogP contribution in [0.15, 0.2) is 47.6 Å². The zero-order valence-corrected chi connectivity index (χ0v) is 18.4. The lowest BCUT2D eigenvalue weighted by Crippen LogP contribution is -2.45. The van der Waals surface area contributed by atoms with Gasteiger partial charge in [-0.15, -0.1) is 24.0 Å². The summed E-state index contributed by atoms with van der Waals surface area (Å²) in [6.45, 7) is 4.22. The Bertz CT molecular complexity index is 780. The molecule has 1 aromatic heterocycles. The van der Waals surface area contributed by atoms with Crippen LogP contribution in [0.4, 0.5) is 4.39 Å². The molecule has 152 valence electrons.